The highest BCUT2D eigenvalue weighted by Crippen LogP contribution is 2.27. The van der Waals surface area contributed by atoms with E-state index in [2.05, 4.69) is 28.8 Å². The van der Waals surface area contributed by atoms with Gasteiger partial charge in [-0.15, -0.1) is 11.3 Å². The molecule has 22 heavy (non-hydrogen) atoms. The number of hydrogen-bond acceptors (Lipinski definition) is 5. The first-order valence-corrected chi connectivity index (χ1v) is 7.77. The average Bonchev–Trinajstić information content (AvgIpc) is 2.97. The summed E-state index contributed by atoms with van der Waals surface area (Å²) < 4.78 is 13.0. The number of benzene rings is 1. The van der Waals surface area contributed by atoms with Crippen LogP contribution in [0.1, 0.15) is 25.5 Å². The van der Waals surface area contributed by atoms with Crippen LogP contribution in [0.25, 0.3) is 22.1 Å². The van der Waals surface area contributed by atoms with Gasteiger partial charge in [-0.05, 0) is 30.2 Å². The summed E-state index contributed by atoms with van der Waals surface area (Å²) in [5, 5.41) is 2.74. The molecule has 112 valence electrons. The molecule has 0 unspecified atom stereocenters. The maximum Gasteiger partial charge on any atom is 0.191 e. The molecule has 0 atom stereocenters. The molecule has 4 nitrogen and oxygen atoms in total. The lowest BCUT2D eigenvalue weighted by molar-refractivity contribution is 0.628. The van der Waals surface area contributed by atoms with Gasteiger partial charge in [-0.3, -0.25) is 0 Å². The van der Waals surface area contributed by atoms with E-state index in [1.54, 1.807) is 18.2 Å². The molecule has 0 radical (unpaired) electrons. The van der Waals surface area contributed by atoms with Crippen LogP contribution in [-0.4, -0.2) is 15.0 Å². The molecule has 0 spiro atoms. The molecular weight excluding hydrogens is 299 g/mol. The summed E-state index contributed by atoms with van der Waals surface area (Å²) in [5.41, 5.74) is 8.34. The number of aromatic nitrogens is 3. The highest BCUT2D eigenvalue weighted by molar-refractivity contribution is 7.13. The fourth-order valence-corrected chi connectivity index (χ4v) is 2.90. The molecule has 2 aromatic heterocycles. The molecule has 3 aromatic rings. The van der Waals surface area contributed by atoms with Gasteiger partial charge >= 0.3 is 0 Å². The largest absolute Gasteiger partial charge is 0.384 e. The Morgan fingerprint density at radius 3 is 2.45 bits per heavy atom. The Morgan fingerprint density at radius 2 is 1.82 bits per heavy atom. The van der Waals surface area contributed by atoms with E-state index >= 15 is 0 Å². The molecule has 0 fully saturated rings. The number of thiazole rings is 1. The molecule has 0 aliphatic heterocycles. The van der Waals surface area contributed by atoms with Crippen LogP contribution in [0, 0.1) is 5.82 Å². The number of nitrogen functional groups attached to an aromatic ring is 1. The molecule has 2 heterocycles. The van der Waals surface area contributed by atoms with Crippen molar-refractivity contribution in [1.29, 1.82) is 0 Å². The SMILES string of the molecule is CC(C)c1csc(-c2nc(N)cc(-c3ccc(F)cc3)n2)n1. The molecule has 0 saturated carbocycles. The summed E-state index contributed by atoms with van der Waals surface area (Å²) >= 11 is 1.49. The second-order valence-corrected chi connectivity index (χ2v) is 6.10. The minimum Gasteiger partial charge on any atom is -0.384 e. The first-order chi connectivity index (χ1) is 10.5. The molecule has 0 aliphatic rings. The molecular formula is C16H15FN4S. The molecule has 6 heteroatoms. The van der Waals surface area contributed by atoms with E-state index in [1.165, 1.54) is 23.5 Å². The lowest BCUT2D eigenvalue weighted by Crippen LogP contribution is -1.98. The van der Waals surface area contributed by atoms with Crippen molar-refractivity contribution in [2.24, 2.45) is 0 Å². The van der Waals surface area contributed by atoms with Gasteiger partial charge in [-0.1, -0.05) is 13.8 Å². The topological polar surface area (TPSA) is 64.7 Å². The normalized spacial score (nSPS) is 11.1. The van der Waals surface area contributed by atoms with Crippen molar-refractivity contribution < 1.29 is 4.39 Å². The van der Waals surface area contributed by atoms with Crippen molar-refractivity contribution >= 4 is 17.2 Å². The Bertz CT molecular complexity index is 796. The van der Waals surface area contributed by atoms with Gasteiger partial charge < -0.3 is 5.73 Å². The van der Waals surface area contributed by atoms with Crippen LogP contribution in [0.3, 0.4) is 0 Å². The van der Waals surface area contributed by atoms with Crippen LogP contribution < -0.4 is 5.73 Å². The molecule has 0 amide bonds. The summed E-state index contributed by atoms with van der Waals surface area (Å²) in [5.74, 6) is 0.928. The maximum atomic E-state index is 13.0. The van der Waals surface area contributed by atoms with Crippen molar-refractivity contribution in [2.45, 2.75) is 19.8 Å². The predicted molar refractivity (Wildman–Crippen MR) is 87.0 cm³/mol. The highest BCUT2D eigenvalue weighted by atomic mass is 32.1. The first kappa shape index (κ1) is 14.6. The van der Waals surface area contributed by atoms with E-state index in [-0.39, 0.29) is 5.82 Å². The lowest BCUT2D eigenvalue weighted by Gasteiger charge is -2.04. The monoisotopic (exact) mass is 314 g/mol. The second-order valence-electron chi connectivity index (χ2n) is 5.24. The van der Waals surface area contributed by atoms with Gasteiger partial charge in [0.15, 0.2) is 10.8 Å². The number of rotatable bonds is 3. The third kappa shape index (κ3) is 2.96. The number of nitrogens with two attached hydrogens (primary N) is 1. The smallest absolute Gasteiger partial charge is 0.191 e. The Hall–Kier alpha value is -2.34. The van der Waals surface area contributed by atoms with Gasteiger partial charge in [0.2, 0.25) is 0 Å². The predicted octanol–water partition coefficient (Wildman–Crippen LogP) is 4.11. The van der Waals surface area contributed by atoms with Crippen LogP contribution in [0.4, 0.5) is 10.2 Å². The number of hydrogen-bond donors (Lipinski definition) is 1. The fraction of sp³-hybridized carbons (Fsp3) is 0.188. The molecule has 2 N–H and O–H groups in total. The number of halogens is 1. The Labute approximate surface area is 131 Å². The summed E-state index contributed by atoms with van der Waals surface area (Å²) in [6.45, 7) is 4.17. The summed E-state index contributed by atoms with van der Waals surface area (Å²) in [6.07, 6.45) is 0. The standard InChI is InChI=1S/C16H15FN4S/c1-9(2)13-8-22-16(20-13)15-19-12(7-14(18)21-15)10-3-5-11(17)6-4-10/h3-9H,1-2H3,(H2,18,19,21). The van der Waals surface area contributed by atoms with Crippen LogP contribution in [0.5, 0.6) is 0 Å². The van der Waals surface area contributed by atoms with Gasteiger partial charge in [-0.25, -0.2) is 19.3 Å². The Kier molecular flexibility index (Phi) is 3.85. The van der Waals surface area contributed by atoms with E-state index in [9.17, 15) is 4.39 Å². The Balaban J connectivity index is 2.04. The highest BCUT2D eigenvalue weighted by Gasteiger charge is 2.12. The van der Waals surface area contributed by atoms with Crippen molar-refractivity contribution in [3.8, 4) is 22.1 Å². The van der Waals surface area contributed by atoms with Crippen LogP contribution in [0.15, 0.2) is 35.7 Å². The van der Waals surface area contributed by atoms with Crippen LogP contribution in [-0.2, 0) is 0 Å². The van der Waals surface area contributed by atoms with Gasteiger partial charge in [0.05, 0.1) is 11.4 Å². The van der Waals surface area contributed by atoms with Crippen molar-refractivity contribution in [2.75, 3.05) is 5.73 Å². The van der Waals surface area contributed by atoms with Gasteiger partial charge in [-0.2, -0.15) is 0 Å². The quantitative estimate of drug-likeness (QED) is 0.790. The van der Waals surface area contributed by atoms with Crippen LogP contribution in [0.2, 0.25) is 0 Å². The molecule has 0 saturated heterocycles. The summed E-state index contributed by atoms with van der Waals surface area (Å²) in [7, 11) is 0. The van der Waals surface area contributed by atoms with E-state index < -0.39 is 0 Å². The second kappa shape index (κ2) is 5.81. The maximum absolute atomic E-state index is 13.0. The summed E-state index contributed by atoms with van der Waals surface area (Å²) in [4.78, 5) is 13.3. The zero-order valence-electron chi connectivity index (χ0n) is 12.2. The molecule has 0 aliphatic carbocycles. The van der Waals surface area contributed by atoms with Crippen molar-refractivity contribution in [1.82, 2.24) is 15.0 Å². The van der Waals surface area contributed by atoms with Gasteiger partial charge in [0.25, 0.3) is 0 Å². The van der Waals surface area contributed by atoms with Gasteiger partial charge in [0.1, 0.15) is 11.6 Å². The Morgan fingerprint density at radius 1 is 1.09 bits per heavy atom. The number of nitrogens with zero attached hydrogens (tertiary/aromatic N) is 3. The fourth-order valence-electron chi connectivity index (χ4n) is 1.98. The van der Waals surface area contributed by atoms with Crippen LogP contribution >= 0.6 is 11.3 Å². The molecule has 1 aromatic carbocycles. The number of anilines is 1. The zero-order valence-corrected chi connectivity index (χ0v) is 13.1. The zero-order chi connectivity index (χ0) is 15.7. The van der Waals surface area contributed by atoms with E-state index in [4.69, 9.17) is 5.73 Å². The van der Waals surface area contributed by atoms with E-state index in [1.807, 2.05) is 5.38 Å². The van der Waals surface area contributed by atoms with Gasteiger partial charge in [0, 0.05) is 17.0 Å². The minimum atomic E-state index is -0.285. The van der Waals surface area contributed by atoms with E-state index in [0.29, 0.717) is 23.3 Å². The lowest BCUT2D eigenvalue weighted by atomic mass is 10.1. The van der Waals surface area contributed by atoms with Crippen molar-refractivity contribution in [3.63, 3.8) is 0 Å². The average molecular weight is 314 g/mol. The minimum absolute atomic E-state index is 0.285. The third-order valence-corrected chi connectivity index (χ3v) is 4.05. The third-order valence-electron chi connectivity index (χ3n) is 3.19. The summed E-state index contributed by atoms with van der Waals surface area (Å²) in [6, 6.07) is 7.80. The van der Waals surface area contributed by atoms with Crippen molar-refractivity contribution in [3.05, 3.63) is 47.2 Å². The molecule has 0 bridgehead atoms. The first-order valence-electron chi connectivity index (χ1n) is 6.89. The molecule has 3 rings (SSSR count). The van der Waals surface area contributed by atoms with E-state index in [0.717, 1.165) is 16.3 Å².